The summed E-state index contributed by atoms with van der Waals surface area (Å²) < 4.78 is 0. The van der Waals surface area contributed by atoms with Gasteiger partial charge in [0.2, 0.25) is 5.88 Å². The Morgan fingerprint density at radius 3 is 2.69 bits per heavy atom. The lowest BCUT2D eigenvalue weighted by Crippen LogP contribution is -2.04. The highest BCUT2D eigenvalue weighted by molar-refractivity contribution is 6.04. The second kappa shape index (κ2) is 3.81. The zero-order valence-corrected chi connectivity index (χ0v) is 8.77. The van der Waals surface area contributed by atoms with E-state index in [1.807, 2.05) is 0 Å². The fraction of sp³-hybridized carbons (Fsp3) is 0.167. The van der Waals surface area contributed by atoms with Gasteiger partial charge in [0.05, 0.1) is 11.1 Å². The van der Waals surface area contributed by atoms with Crippen molar-refractivity contribution in [3.05, 3.63) is 35.4 Å². The van der Waals surface area contributed by atoms with Crippen molar-refractivity contribution in [3.63, 3.8) is 0 Å². The van der Waals surface area contributed by atoms with Gasteiger partial charge in [-0.3, -0.25) is 0 Å². The van der Waals surface area contributed by atoms with Crippen LogP contribution in [0.25, 0.3) is 10.9 Å². The molecule has 2 aromatic rings. The number of aromatic hydroxyl groups is 1. The molecule has 0 fully saturated rings. The van der Waals surface area contributed by atoms with Gasteiger partial charge in [-0.25, -0.2) is 9.78 Å². The number of aromatic nitrogens is 1. The first-order chi connectivity index (χ1) is 7.65. The number of carboxylic acids is 1. The Kier molecular flexibility index (Phi) is 2.48. The number of nitrogens with zero attached hydrogens (tertiary/aromatic N) is 1. The summed E-state index contributed by atoms with van der Waals surface area (Å²) in [6, 6.07) is 6.89. The van der Waals surface area contributed by atoms with Crippen LogP contribution >= 0.6 is 0 Å². The topological polar surface area (TPSA) is 70.4 Å². The molecule has 82 valence electrons. The number of aromatic carboxylic acids is 1. The van der Waals surface area contributed by atoms with Crippen LogP contribution in [-0.2, 0) is 6.42 Å². The average Bonchev–Trinajstić information content (AvgIpc) is 2.26. The van der Waals surface area contributed by atoms with E-state index in [0.29, 0.717) is 22.9 Å². The van der Waals surface area contributed by atoms with Gasteiger partial charge in [0, 0.05) is 10.9 Å². The van der Waals surface area contributed by atoms with E-state index in [-0.39, 0.29) is 11.4 Å². The minimum Gasteiger partial charge on any atom is -0.493 e. The van der Waals surface area contributed by atoms with E-state index in [2.05, 4.69) is 4.98 Å². The van der Waals surface area contributed by atoms with Crippen LogP contribution in [0.15, 0.2) is 24.3 Å². The van der Waals surface area contributed by atoms with Crippen LogP contribution in [0, 0.1) is 0 Å². The maximum atomic E-state index is 11.2. The van der Waals surface area contributed by atoms with Gasteiger partial charge in [0.15, 0.2) is 0 Å². The van der Waals surface area contributed by atoms with E-state index < -0.39 is 5.97 Å². The largest absolute Gasteiger partial charge is 0.493 e. The average molecular weight is 217 g/mol. The third kappa shape index (κ3) is 1.48. The number of hydrogen-bond acceptors (Lipinski definition) is 3. The summed E-state index contributed by atoms with van der Waals surface area (Å²) in [5.41, 5.74) is 1.02. The molecule has 0 radical (unpaired) electrons. The van der Waals surface area contributed by atoms with Gasteiger partial charge in [-0.05, 0) is 12.5 Å². The van der Waals surface area contributed by atoms with Gasteiger partial charge in [-0.2, -0.15) is 0 Å². The molecular formula is C12H11NO3. The number of para-hydroxylation sites is 1. The maximum absolute atomic E-state index is 11.2. The number of pyridine rings is 1. The lowest BCUT2D eigenvalue weighted by atomic mass is 10.0. The summed E-state index contributed by atoms with van der Waals surface area (Å²) in [5, 5.41) is 19.4. The molecule has 4 heteroatoms. The number of benzene rings is 1. The minimum atomic E-state index is -1.04. The molecule has 1 aromatic carbocycles. The molecule has 0 spiro atoms. The van der Waals surface area contributed by atoms with E-state index in [1.165, 1.54) is 0 Å². The van der Waals surface area contributed by atoms with Crippen LogP contribution in [-0.4, -0.2) is 21.2 Å². The van der Waals surface area contributed by atoms with Crippen molar-refractivity contribution in [2.75, 3.05) is 0 Å². The Morgan fingerprint density at radius 1 is 1.38 bits per heavy atom. The summed E-state index contributed by atoms with van der Waals surface area (Å²) in [7, 11) is 0. The highest BCUT2D eigenvalue weighted by Gasteiger charge is 2.18. The Hall–Kier alpha value is -2.10. The Bertz CT molecular complexity index is 563. The molecule has 0 aliphatic heterocycles. The maximum Gasteiger partial charge on any atom is 0.336 e. The summed E-state index contributed by atoms with van der Waals surface area (Å²) in [5.74, 6) is -1.23. The Labute approximate surface area is 92.2 Å². The molecular weight excluding hydrogens is 206 g/mol. The first-order valence-electron chi connectivity index (χ1n) is 4.99. The predicted octanol–water partition coefficient (Wildman–Crippen LogP) is 2.20. The normalized spacial score (nSPS) is 10.6. The molecule has 0 atom stereocenters. The van der Waals surface area contributed by atoms with Crippen molar-refractivity contribution in [2.24, 2.45) is 0 Å². The van der Waals surface area contributed by atoms with E-state index in [4.69, 9.17) is 0 Å². The minimum absolute atomic E-state index is 0.144. The number of fused-ring (bicyclic) bond motifs is 1. The van der Waals surface area contributed by atoms with E-state index in [0.717, 1.165) is 0 Å². The lowest BCUT2D eigenvalue weighted by Gasteiger charge is -2.09. The first-order valence-corrected chi connectivity index (χ1v) is 4.99. The van der Waals surface area contributed by atoms with Crippen LogP contribution in [0.3, 0.4) is 0 Å². The summed E-state index contributed by atoms with van der Waals surface area (Å²) in [6.45, 7) is 1.79. The molecule has 0 saturated carbocycles. The summed E-state index contributed by atoms with van der Waals surface area (Å²) in [6.07, 6.45) is 0.436. The first kappa shape index (κ1) is 10.4. The molecule has 2 rings (SSSR count). The van der Waals surface area contributed by atoms with Crippen molar-refractivity contribution >= 4 is 16.9 Å². The molecule has 4 nitrogen and oxygen atoms in total. The molecule has 0 aliphatic carbocycles. The number of carbonyl (C=O) groups is 1. The van der Waals surface area contributed by atoms with E-state index in [1.54, 1.807) is 31.2 Å². The molecule has 0 saturated heterocycles. The third-order valence-corrected chi connectivity index (χ3v) is 2.54. The SMILES string of the molecule is CCc1c(O)nc2ccccc2c1C(=O)O. The van der Waals surface area contributed by atoms with Crippen LogP contribution < -0.4 is 0 Å². The van der Waals surface area contributed by atoms with Gasteiger partial charge < -0.3 is 10.2 Å². The van der Waals surface area contributed by atoms with Gasteiger partial charge in [-0.15, -0.1) is 0 Å². The van der Waals surface area contributed by atoms with Crippen LogP contribution in [0.4, 0.5) is 0 Å². The molecule has 16 heavy (non-hydrogen) atoms. The smallest absolute Gasteiger partial charge is 0.336 e. The monoisotopic (exact) mass is 217 g/mol. The van der Waals surface area contributed by atoms with Crippen LogP contribution in [0.2, 0.25) is 0 Å². The van der Waals surface area contributed by atoms with Gasteiger partial charge in [0.1, 0.15) is 0 Å². The van der Waals surface area contributed by atoms with Crippen molar-refractivity contribution < 1.29 is 15.0 Å². The van der Waals surface area contributed by atoms with Crippen LogP contribution in [0.1, 0.15) is 22.8 Å². The second-order valence-corrected chi connectivity index (χ2v) is 3.46. The van der Waals surface area contributed by atoms with Crippen molar-refractivity contribution in [3.8, 4) is 5.88 Å². The molecule has 2 N–H and O–H groups in total. The standard InChI is InChI=1S/C12H11NO3/c1-2-7-10(12(15)16)8-5-3-4-6-9(8)13-11(7)14/h3-6H,2H2,1H3,(H,13,14)(H,15,16). The van der Waals surface area contributed by atoms with Crippen LogP contribution in [0.5, 0.6) is 5.88 Å². The Morgan fingerprint density at radius 2 is 2.06 bits per heavy atom. The van der Waals surface area contributed by atoms with Gasteiger partial charge in [0.25, 0.3) is 0 Å². The van der Waals surface area contributed by atoms with E-state index >= 15 is 0 Å². The Balaban J connectivity index is 2.93. The van der Waals surface area contributed by atoms with Gasteiger partial charge in [-0.1, -0.05) is 25.1 Å². The quantitative estimate of drug-likeness (QED) is 0.809. The second-order valence-electron chi connectivity index (χ2n) is 3.46. The molecule has 1 aromatic heterocycles. The molecule has 0 unspecified atom stereocenters. The third-order valence-electron chi connectivity index (χ3n) is 2.54. The van der Waals surface area contributed by atoms with E-state index in [9.17, 15) is 15.0 Å². The van der Waals surface area contributed by atoms with Gasteiger partial charge >= 0.3 is 5.97 Å². The van der Waals surface area contributed by atoms with Crippen molar-refractivity contribution in [1.82, 2.24) is 4.98 Å². The molecule has 0 bridgehead atoms. The highest BCUT2D eigenvalue weighted by Crippen LogP contribution is 2.27. The summed E-state index contributed by atoms with van der Waals surface area (Å²) in [4.78, 5) is 15.2. The number of carboxylic acid groups (broad SMARTS) is 1. The highest BCUT2D eigenvalue weighted by atomic mass is 16.4. The molecule has 1 heterocycles. The predicted molar refractivity (Wildman–Crippen MR) is 59.7 cm³/mol. The zero-order chi connectivity index (χ0) is 11.7. The number of hydrogen-bond donors (Lipinski definition) is 2. The fourth-order valence-electron chi connectivity index (χ4n) is 1.82. The van der Waals surface area contributed by atoms with Crippen molar-refractivity contribution in [2.45, 2.75) is 13.3 Å². The zero-order valence-electron chi connectivity index (χ0n) is 8.77. The lowest BCUT2D eigenvalue weighted by molar-refractivity contribution is 0.0697. The number of rotatable bonds is 2. The molecule has 0 amide bonds. The molecule has 0 aliphatic rings. The fourth-order valence-corrected chi connectivity index (χ4v) is 1.82. The van der Waals surface area contributed by atoms with Crippen molar-refractivity contribution in [1.29, 1.82) is 0 Å². The summed E-state index contributed by atoms with van der Waals surface area (Å²) >= 11 is 0.